The first-order valence-electron chi connectivity index (χ1n) is 9.09. The Kier molecular flexibility index (Phi) is 6.05. The first kappa shape index (κ1) is 20.6. The highest BCUT2D eigenvalue weighted by Crippen LogP contribution is 2.29. The minimum absolute atomic E-state index is 0.00800. The molecule has 1 atom stereocenters. The smallest absolute Gasteiger partial charge is 0.416 e. The summed E-state index contributed by atoms with van der Waals surface area (Å²) in [6.07, 6.45) is -1.44. The van der Waals surface area contributed by atoms with Crippen LogP contribution >= 0.6 is 0 Å². The van der Waals surface area contributed by atoms with Crippen LogP contribution in [0.3, 0.4) is 0 Å². The fraction of sp³-hybridized carbons (Fsp3) is 0.350. The number of likely N-dealkylation sites (tertiary alicyclic amines) is 1. The van der Waals surface area contributed by atoms with Gasteiger partial charge in [0.2, 0.25) is 5.91 Å². The molecule has 2 amide bonds. The molecule has 1 fully saturated rings. The lowest BCUT2D eigenvalue weighted by molar-refractivity contribution is -0.137. The molecule has 2 aromatic rings. The molecule has 1 aliphatic heterocycles. The van der Waals surface area contributed by atoms with E-state index in [0.29, 0.717) is 12.1 Å². The molecule has 154 valence electrons. The Bertz CT molecular complexity index is 885. The molecule has 1 saturated heterocycles. The Morgan fingerprint density at radius 1 is 1.21 bits per heavy atom. The lowest BCUT2D eigenvalue weighted by Crippen LogP contribution is -2.40. The molecule has 0 saturated carbocycles. The van der Waals surface area contributed by atoms with E-state index in [1.54, 1.807) is 17.0 Å². The van der Waals surface area contributed by atoms with Crippen molar-refractivity contribution >= 4 is 11.8 Å². The molecular weight excluding hydrogens is 387 g/mol. The Morgan fingerprint density at radius 3 is 2.59 bits per heavy atom. The van der Waals surface area contributed by atoms with Gasteiger partial charge in [0, 0.05) is 12.7 Å². The van der Waals surface area contributed by atoms with E-state index >= 15 is 0 Å². The number of carbonyl (C=O) groups is 2. The van der Waals surface area contributed by atoms with E-state index in [4.69, 9.17) is 10.5 Å². The summed E-state index contributed by atoms with van der Waals surface area (Å²) in [4.78, 5) is 29.6. The van der Waals surface area contributed by atoms with Gasteiger partial charge in [-0.05, 0) is 42.7 Å². The summed E-state index contributed by atoms with van der Waals surface area (Å²) < 4.78 is 43.7. The molecule has 2 N–H and O–H groups in total. The van der Waals surface area contributed by atoms with Crippen molar-refractivity contribution in [3.63, 3.8) is 0 Å². The maximum atomic E-state index is 12.7. The lowest BCUT2D eigenvalue weighted by Gasteiger charge is -2.25. The minimum Gasteiger partial charge on any atom is -0.489 e. The predicted octanol–water partition coefficient (Wildman–Crippen LogP) is 2.81. The van der Waals surface area contributed by atoms with Crippen LogP contribution in [0.25, 0.3) is 0 Å². The summed E-state index contributed by atoms with van der Waals surface area (Å²) >= 11 is 0. The van der Waals surface area contributed by atoms with E-state index in [0.717, 1.165) is 25.0 Å². The number of alkyl halides is 3. The highest BCUT2D eigenvalue weighted by molar-refractivity contribution is 5.93. The number of ether oxygens (including phenoxy) is 1. The van der Waals surface area contributed by atoms with E-state index in [2.05, 4.69) is 4.98 Å². The summed E-state index contributed by atoms with van der Waals surface area (Å²) in [5.41, 5.74) is 5.07. The number of nitrogens with zero attached hydrogens (tertiary/aromatic N) is 2. The SMILES string of the molecule is NC(=O)c1ncccc1OCC1CCCN1C(=O)Cc1ccc(C(F)(F)F)cc1. The third-order valence-corrected chi connectivity index (χ3v) is 4.77. The Hall–Kier alpha value is -3.10. The highest BCUT2D eigenvalue weighted by Gasteiger charge is 2.31. The van der Waals surface area contributed by atoms with Gasteiger partial charge in [0.15, 0.2) is 11.4 Å². The van der Waals surface area contributed by atoms with Crippen molar-refractivity contribution in [2.24, 2.45) is 5.73 Å². The number of amides is 2. The number of benzene rings is 1. The second-order valence-corrected chi connectivity index (χ2v) is 6.78. The molecule has 0 spiro atoms. The van der Waals surface area contributed by atoms with Gasteiger partial charge in [0.05, 0.1) is 18.0 Å². The number of pyridine rings is 1. The highest BCUT2D eigenvalue weighted by atomic mass is 19.4. The van der Waals surface area contributed by atoms with Gasteiger partial charge in [0.25, 0.3) is 5.91 Å². The van der Waals surface area contributed by atoms with Crippen molar-refractivity contribution in [2.75, 3.05) is 13.2 Å². The number of carbonyl (C=O) groups excluding carboxylic acids is 2. The Morgan fingerprint density at radius 2 is 1.93 bits per heavy atom. The van der Waals surface area contributed by atoms with Crippen molar-refractivity contribution in [1.82, 2.24) is 9.88 Å². The molecule has 2 heterocycles. The monoisotopic (exact) mass is 407 g/mol. The van der Waals surface area contributed by atoms with Crippen LogP contribution in [-0.4, -0.2) is 40.9 Å². The summed E-state index contributed by atoms with van der Waals surface area (Å²) in [7, 11) is 0. The number of hydrogen-bond acceptors (Lipinski definition) is 4. The molecule has 3 rings (SSSR count). The zero-order valence-electron chi connectivity index (χ0n) is 15.5. The molecule has 0 radical (unpaired) electrons. The topological polar surface area (TPSA) is 85.5 Å². The molecule has 0 aliphatic carbocycles. The summed E-state index contributed by atoms with van der Waals surface area (Å²) in [6, 6.07) is 7.58. The van der Waals surface area contributed by atoms with Crippen molar-refractivity contribution in [1.29, 1.82) is 0 Å². The zero-order valence-corrected chi connectivity index (χ0v) is 15.5. The number of nitrogens with two attached hydrogens (primary N) is 1. The average Bonchev–Trinajstić information content (AvgIpc) is 3.15. The normalized spacial score (nSPS) is 16.7. The molecule has 9 heteroatoms. The van der Waals surface area contributed by atoms with E-state index in [1.165, 1.54) is 18.3 Å². The molecular formula is C20H20F3N3O3. The van der Waals surface area contributed by atoms with E-state index in [-0.39, 0.29) is 36.4 Å². The molecule has 29 heavy (non-hydrogen) atoms. The Labute approximate surface area is 165 Å². The largest absolute Gasteiger partial charge is 0.489 e. The summed E-state index contributed by atoms with van der Waals surface area (Å²) in [6.45, 7) is 0.716. The second kappa shape index (κ2) is 8.50. The van der Waals surface area contributed by atoms with Gasteiger partial charge in [-0.15, -0.1) is 0 Å². The van der Waals surface area contributed by atoms with E-state index in [9.17, 15) is 22.8 Å². The fourth-order valence-corrected chi connectivity index (χ4v) is 3.30. The number of halogens is 3. The maximum Gasteiger partial charge on any atom is 0.416 e. The average molecular weight is 407 g/mol. The van der Waals surface area contributed by atoms with E-state index in [1.807, 2.05) is 0 Å². The lowest BCUT2D eigenvalue weighted by atomic mass is 10.1. The van der Waals surface area contributed by atoms with Gasteiger partial charge in [-0.2, -0.15) is 13.2 Å². The van der Waals surface area contributed by atoms with Gasteiger partial charge >= 0.3 is 6.18 Å². The third kappa shape index (κ3) is 5.04. The van der Waals surface area contributed by atoms with Crippen LogP contribution in [0.15, 0.2) is 42.6 Å². The summed E-state index contributed by atoms with van der Waals surface area (Å²) in [5, 5.41) is 0. The van der Waals surface area contributed by atoms with Crippen LogP contribution in [0.4, 0.5) is 13.2 Å². The number of primary amides is 1. The van der Waals surface area contributed by atoms with Crippen LogP contribution < -0.4 is 10.5 Å². The first-order valence-corrected chi connectivity index (χ1v) is 9.09. The number of aromatic nitrogens is 1. The fourth-order valence-electron chi connectivity index (χ4n) is 3.30. The molecule has 1 unspecified atom stereocenters. The summed E-state index contributed by atoms with van der Waals surface area (Å²) in [5.74, 6) is -0.638. The molecule has 6 nitrogen and oxygen atoms in total. The van der Waals surface area contributed by atoms with Crippen molar-refractivity contribution < 1.29 is 27.5 Å². The number of hydrogen-bond donors (Lipinski definition) is 1. The van der Waals surface area contributed by atoms with Crippen LogP contribution in [0, 0.1) is 0 Å². The number of rotatable bonds is 6. The van der Waals surface area contributed by atoms with Crippen LogP contribution in [0.5, 0.6) is 5.75 Å². The van der Waals surface area contributed by atoms with Gasteiger partial charge in [0.1, 0.15) is 6.61 Å². The maximum absolute atomic E-state index is 12.7. The van der Waals surface area contributed by atoms with Crippen molar-refractivity contribution in [2.45, 2.75) is 31.5 Å². The first-order chi connectivity index (χ1) is 13.8. The van der Waals surface area contributed by atoms with Gasteiger partial charge in [-0.3, -0.25) is 9.59 Å². The molecule has 1 aliphatic rings. The van der Waals surface area contributed by atoms with Crippen LogP contribution in [0.1, 0.15) is 34.5 Å². The third-order valence-electron chi connectivity index (χ3n) is 4.77. The van der Waals surface area contributed by atoms with Gasteiger partial charge in [-0.1, -0.05) is 12.1 Å². The molecule has 1 aromatic carbocycles. The minimum atomic E-state index is -4.41. The standard InChI is InChI=1S/C20H20F3N3O3/c21-20(22,23)14-7-5-13(6-8-14)11-17(27)26-10-2-3-15(26)12-29-16-4-1-9-25-18(16)19(24)28/h1,4-9,15H,2-3,10-12H2,(H2,24,28). The predicted molar refractivity (Wildman–Crippen MR) is 98.1 cm³/mol. The molecule has 0 bridgehead atoms. The van der Waals surface area contributed by atoms with Crippen molar-refractivity contribution in [3.05, 3.63) is 59.4 Å². The van der Waals surface area contributed by atoms with Crippen molar-refractivity contribution in [3.8, 4) is 5.75 Å². The van der Waals surface area contributed by atoms with Crippen LogP contribution in [0.2, 0.25) is 0 Å². The van der Waals surface area contributed by atoms with Gasteiger partial charge in [-0.25, -0.2) is 4.98 Å². The molecule has 1 aromatic heterocycles. The quantitative estimate of drug-likeness (QED) is 0.798. The zero-order chi connectivity index (χ0) is 21.0. The Balaban J connectivity index is 1.62. The van der Waals surface area contributed by atoms with Gasteiger partial charge < -0.3 is 15.4 Å². The van der Waals surface area contributed by atoms with Crippen LogP contribution in [-0.2, 0) is 17.4 Å². The second-order valence-electron chi connectivity index (χ2n) is 6.78. The van der Waals surface area contributed by atoms with E-state index < -0.39 is 17.6 Å².